The van der Waals surface area contributed by atoms with Gasteiger partial charge in [-0.25, -0.2) is 13.6 Å². The van der Waals surface area contributed by atoms with Crippen LogP contribution in [0.1, 0.15) is 38.2 Å². The van der Waals surface area contributed by atoms with Crippen LogP contribution in [0.25, 0.3) is 10.9 Å². The number of nitrogens with one attached hydrogen (secondary N) is 1. The highest BCUT2D eigenvalue weighted by molar-refractivity contribution is 5.98. The van der Waals surface area contributed by atoms with Crippen molar-refractivity contribution in [3.05, 3.63) is 35.5 Å². The predicted octanol–water partition coefficient (Wildman–Crippen LogP) is 3.53. The number of fused-ring (bicyclic) bond motifs is 1. The maximum atomic E-state index is 13.4. The van der Waals surface area contributed by atoms with E-state index in [4.69, 9.17) is 4.74 Å². The quantitative estimate of drug-likeness (QED) is 0.824. The van der Waals surface area contributed by atoms with Crippen LogP contribution in [0.15, 0.2) is 18.2 Å². The van der Waals surface area contributed by atoms with E-state index in [0.29, 0.717) is 30.5 Å². The van der Waals surface area contributed by atoms with Crippen LogP contribution in [0.4, 0.5) is 13.6 Å². The molecule has 3 rings (SSSR count). The Kier molecular flexibility index (Phi) is 4.84. The highest BCUT2D eigenvalue weighted by atomic mass is 19.2. The molecule has 1 unspecified atom stereocenters. The first-order chi connectivity index (χ1) is 12.5. The van der Waals surface area contributed by atoms with Crippen LogP contribution in [0.5, 0.6) is 0 Å². The van der Waals surface area contributed by atoms with Gasteiger partial charge in [0.15, 0.2) is 11.6 Å². The minimum absolute atomic E-state index is 0.223. The lowest BCUT2D eigenvalue weighted by Crippen LogP contribution is -2.56. The molecule has 2 aromatic rings. The molecule has 1 atom stereocenters. The lowest BCUT2D eigenvalue weighted by Gasteiger charge is -2.40. The number of carbonyl (C=O) groups is 2. The molecule has 2 heterocycles. The number of H-pyrrole nitrogens is 1. The van der Waals surface area contributed by atoms with Gasteiger partial charge < -0.3 is 19.5 Å². The second kappa shape index (κ2) is 6.83. The Morgan fingerprint density at radius 2 is 1.81 bits per heavy atom. The maximum absolute atomic E-state index is 13.4. The van der Waals surface area contributed by atoms with Crippen LogP contribution in [0.2, 0.25) is 0 Å². The van der Waals surface area contributed by atoms with Gasteiger partial charge in [0.05, 0.1) is 0 Å². The van der Waals surface area contributed by atoms with E-state index in [-0.39, 0.29) is 17.6 Å². The second-order valence-electron chi connectivity index (χ2n) is 7.81. The number of aromatic nitrogens is 1. The molecule has 0 spiro atoms. The van der Waals surface area contributed by atoms with Gasteiger partial charge in [-0.15, -0.1) is 0 Å². The van der Waals surface area contributed by atoms with Crippen LogP contribution in [0, 0.1) is 11.6 Å². The van der Waals surface area contributed by atoms with Crippen molar-refractivity contribution in [2.24, 2.45) is 0 Å². The van der Waals surface area contributed by atoms with Crippen LogP contribution in [-0.2, 0) is 4.74 Å². The van der Waals surface area contributed by atoms with E-state index in [1.54, 1.807) is 30.6 Å². The Morgan fingerprint density at radius 3 is 2.44 bits per heavy atom. The minimum Gasteiger partial charge on any atom is -0.444 e. The fraction of sp³-hybridized carbons (Fsp3) is 0.474. The Balaban J connectivity index is 1.72. The number of carbonyl (C=O) groups excluding carboxylic acids is 2. The van der Waals surface area contributed by atoms with Crippen LogP contribution in [0.3, 0.4) is 0 Å². The molecular weight excluding hydrogens is 356 g/mol. The fourth-order valence-electron chi connectivity index (χ4n) is 3.15. The summed E-state index contributed by atoms with van der Waals surface area (Å²) in [7, 11) is 0. The van der Waals surface area contributed by atoms with Gasteiger partial charge in [0.2, 0.25) is 0 Å². The van der Waals surface area contributed by atoms with Crippen LogP contribution < -0.4 is 0 Å². The molecule has 0 aliphatic carbocycles. The number of hydrogen-bond donors (Lipinski definition) is 1. The van der Waals surface area contributed by atoms with Gasteiger partial charge in [-0.2, -0.15) is 0 Å². The molecule has 6 nitrogen and oxygen atoms in total. The van der Waals surface area contributed by atoms with Crippen LogP contribution >= 0.6 is 0 Å². The number of piperazine rings is 1. The van der Waals surface area contributed by atoms with Crippen molar-refractivity contribution in [3.63, 3.8) is 0 Å². The summed E-state index contributed by atoms with van der Waals surface area (Å²) in [5.74, 6) is -2.20. The van der Waals surface area contributed by atoms with Gasteiger partial charge >= 0.3 is 6.09 Å². The van der Waals surface area contributed by atoms with Crippen molar-refractivity contribution >= 4 is 22.9 Å². The molecule has 1 aromatic heterocycles. The molecule has 1 aromatic carbocycles. The van der Waals surface area contributed by atoms with E-state index in [1.165, 1.54) is 6.07 Å². The summed E-state index contributed by atoms with van der Waals surface area (Å²) in [5.41, 5.74) is 0.0344. The van der Waals surface area contributed by atoms with Crippen molar-refractivity contribution in [2.45, 2.75) is 39.3 Å². The maximum Gasteiger partial charge on any atom is 0.410 e. The summed E-state index contributed by atoms with van der Waals surface area (Å²) in [6.45, 7) is 8.30. The standard InChI is InChI=1S/C19H23F2N3O3/c1-11-10-23(18(26)27-19(2,3)4)5-6-24(11)17(25)16-8-12-7-13(20)14(21)9-15(12)22-16/h7-9,11,22H,5-6,10H2,1-4H3. The van der Waals surface area contributed by atoms with Gasteiger partial charge in [0, 0.05) is 42.6 Å². The highest BCUT2D eigenvalue weighted by Gasteiger charge is 2.33. The topological polar surface area (TPSA) is 65.6 Å². The smallest absolute Gasteiger partial charge is 0.410 e. The van der Waals surface area contributed by atoms with Crippen molar-refractivity contribution in [1.82, 2.24) is 14.8 Å². The first-order valence-electron chi connectivity index (χ1n) is 8.82. The van der Waals surface area contributed by atoms with Crippen molar-refractivity contribution in [1.29, 1.82) is 0 Å². The molecule has 0 bridgehead atoms. The molecule has 1 aliphatic heterocycles. The molecular formula is C19H23F2N3O3. The van der Waals surface area contributed by atoms with Gasteiger partial charge in [0.1, 0.15) is 11.3 Å². The van der Waals surface area contributed by atoms with E-state index in [0.717, 1.165) is 12.1 Å². The Morgan fingerprint density at radius 1 is 1.15 bits per heavy atom. The fourth-order valence-corrected chi connectivity index (χ4v) is 3.15. The number of hydrogen-bond acceptors (Lipinski definition) is 3. The predicted molar refractivity (Wildman–Crippen MR) is 96.5 cm³/mol. The summed E-state index contributed by atoms with van der Waals surface area (Å²) >= 11 is 0. The molecule has 0 radical (unpaired) electrons. The van der Waals surface area contributed by atoms with E-state index < -0.39 is 23.3 Å². The zero-order valence-electron chi connectivity index (χ0n) is 15.8. The molecule has 27 heavy (non-hydrogen) atoms. The number of nitrogens with zero attached hydrogens (tertiary/aromatic N) is 2. The molecule has 2 amide bonds. The number of halogens is 2. The lowest BCUT2D eigenvalue weighted by molar-refractivity contribution is 0.00608. The third-order valence-electron chi connectivity index (χ3n) is 4.43. The summed E-state index contributed by atoms with van der Waals surface area (Å²) in [6, 6.07) is 3.37. The zero-order chi connectivity index (χ0) is 19.9. The van der Waals surface area contributed by atoms with E-state index >= 15 is 0 Å². The number of amides is 2. The average molecular weight is 379 g/mol. The minimum atomic E-state index is -0.970. The van der Waals surface area contributed by atoms with Crippen molar-refractivity contribution in [2.75, 3.05) is 19.6 Å². The summed E-state index contributed by atoms with van der Waals surface area (Å²) < 4.78 is 32.1. The first-order valence-corrected chi connectivity index (χ1v) is 8.82. The van der Waals surface area contributed by atoms with Crippen molar-refractivity contribution < 1.29 is 23.1 Å². The molecule has 1 fully saturated rings. The number of aromatic amines is 1. The van der Waals surface area contributed by atoms with Gasteiger partial charge in [0.25, 0.3) is 5.91 Å². The average Bonchev–Trinajstić information content (AvgIpc) is 2.95. The Hall–Kier alpha value is -2.64. The van der Waals surface area contributed by atoms with Gasteiger partial charge in [-0.1, -0.05) is 0 Å². The summed E-state index contributed by atoms with van der Waals surface area (Å²) in [4.78, 5) is 31.1. The third kappa shape index (κ3) is 4.04. The van der Waals surface area contributed by atoms with E-state index in [9.17, 15) is 18.4 Å². The molecule has 146 valence electrons. The third-order valence-corrected chi connectivity index (χ3v) is 4.43. The number of benzene rings is 1. The first kappa shape index (κ1) is 19.1. The zero-order valence-corrected chi connectivity index (χ0v) is 15.8. The summed E-state index contributed by atoms with van der Waals surface area (Å²) in [6.07, 6.45) is -0.405. The summed E-state index contributed by atoms with van der Waals surface area (Å²) in [5, 5.41) is 0.428. The normalized spacial score (nSPS) is 18.1. The number of rotatable bonds is 1. The van der Waals surface area contributed by atoms with Crippen molar-refractivity contribution in [3.8, 4) is 0 Å². The Bertz CT molecular complexity index is 849. The Labute approximate surface area is 156 Å². The van der Waals surface area contributed by atoms with E-state index in [1.807, 2.05) is 6.92 Å². The molecule has 1 saturated heterocycles. The SMILES string of the molecule is CC1CN(C(=O)OC(C)(C)C)CCN1C(=O)c1cc2cc(F)c(F)cc2[nH]1. The van der Waals surface area contributed by atoms with Crippen LogP contribution in [-0.4, -0.2) is 58.1 Å². The molecule has 0 saturated carbocycles. The second-order valence-corrected chi connectivity index (χ2v) is 7.81. The van der Waals surface area contributed by atoms with E-state index in [2.05, 4.69) is 4.98 Å². The highest BCUT2D eigenvalue weighted by Crippen LogP contribution is 2.22. The van der Waals surface area contributed by atoms with Gasteiger partial charge in [-0.05, 0) is 39.8 Å². The largest absolute Gasteiger partial charge is 0.444 e. The van der Waals surface area contributed by atoms with Gasteiger partial charge in [-0.3, -0.25) is 4.79 Å². The number of ether oxygens (including phenoxy) is 1. The molecule has 8 heteroatoms. The molecule has 1 N–H and O–H groups in total. The molecule has 1 aliphatic rings. The lowest BCUT2D eigenvalue weighted by atomic mass is 10.1. The monoisotopic (exact) mass is 379 g/mol.